The Hall–Kier alpha value is -2.32. The first-order valence-electron chi connectivity index (χ1n) is 8.36. The molecule has 0 unspecified atom stereocenters. The van der Waals surface area contributed by atoms with Crippen molar-refractivity contribution in [2.75, 3.05) is 18.9 Å². The van der Waals surface area contributed by atoms with Crippen LogP contribution in [0.25, 0.3) is 0 Å². The van der Waals surface area contributed by atoms with Crippen LogP contribution in [0.1, 0.15) is 31.7 Å². The standard InChI is InChI=1S/C17H21ClN4O4/c1-17(11-3-2-4-12(19)14(11)18)9-13(23)22(10-5-7-26-8-6-10)15(21-17)20-16(24)25/h2-4,10H,5-9,19H2,1H3,(H,20,21)(H,24,25)/t17-/m0/s1. The van der Waals surface area contributed by atoms with Crippen LogP contribution in [0, 0.1) is 0 Å². The van der Waals surface area contributed by atoms with Crippen LogP contribution in [-0.4, -0.2) is 47.2 Å². The van der Waals surface area contributed by atoms with E-state index in [9.17, 15) is 14.7 Å². The predicted octanol–water partition coefficient (Wildman–Crippen LogP) is 2.17. The Balaban J connectivity index is 1.99. The summed E-state index contributed by atoms with van der Waals surface area (Å²) in [5.41, 5.74) is 5.98. The van der Waals surface area contributed by atoms with Crippen LogP contribution in [0.15, 0.2) is 23.2 Å². The zero-order valence-electron chi connectivity index (χ0n) is 14.4. The minimum absolute atomic E-state index is 0.0154. The molecule has 0 spiro atoms. The Morgan fingerprint density at radius 2 is 2.15 bits per heavy atom. The minimum Gasteiger partial charge on any atom is -0.463 e. The van der Waals surface area contributed by atoms with Crippen molar-refractivity contribution in [2.45, 2.75) is 37.8 Å². The SMILES string of the molecule is C[C@@]1(c2cccc(N)c2Cl)CC(=O)N(C2CCOCC2)C(=NC(=O)O)N1. The summed E-state index contributed by atoms with van der Waals surface area (Å²) in [5.74, 6) is -0.196. The Morgan fingerprint density at radius 1 is 1.46 bits per heavy atom. The van der Waals surface area contributed by atoms with Gasteiger partial charge in [0.2, 0.25) is 11.9 Å². The molecule has 9 heteroatoms. The molecule has 140 valence electrons. The molecule has 2 aliphatic heterocycles. The number of hydrogen-bond acceptors (Lipinski definition) is 4. The fraction of sp³-hybridized carbons (Fsp3) is 0.471. The highest BCUT2D eigenvalue weighted by Gasteiger charge is 2.44. The molecule has 1 aromatic rings. The second kappa shape index (κ2) is 7.13. The molecule has 0 aromatic heterocycles. The Labute approximate surface area is 156 Å². The Kier molecular flexibility index (Phi) is 5.06. The second-order valence-corrected chi connectivity index (χ2v) is 7.05. The number of nitrogen functional groups attached to an aromatic ring is 1. The number of hydrogen-bond donors (Lipinski definition) is 3. The highest BCUT2D eigenvalue weighted by Crippen LogP contribution is 2.37. The number of nitrogens with one attached hydrogen (secondary N) is 1. The number of halogens is 1. The number of carbonyl (C=O) groups excluding carboxylic acids is 1. The molecule has 8 nitrogen and oxygen atoms in total. The van der Waals surface area contributed by atoms with Crippen molar-refractivity contribution in [1.82, 2.24) is 10.2 Å². The Morgan fingerprint density at radius 3 is 2.81 bits per heavy atom. The number of carbonyl (C=O) groups is 2. The lowest BCUT2D eigenvalue weighted by molar-refractivity contribution is -0.133. The number of anilines is 1. The normalized spacial score (nSPS) is 26.0. The van der Waals surface area contributed by atoms with Crippen molar-refractivity contribution in [1.29, 1.82) is 0 Å². The van der Waals surface area contributed by atoms with Crippen LogP contribution < -0.4 is 11.1 Å². The van der Waals surface area contributed by atoms with Crippen LogP contribution >= 0.6 is 11.6 Å². The number of nitrogens with zero attached hydrogens (tertiary/aromatic N) is 2. The van der Waals surface area contributed by atoms with Gasteiger partial charge in [0.05, 0.1) is 22.7 Å². The van der Waals surface area contributed by atoms with Gasteiger partial charge in [0.15, 0.2) is 0 Å². The molecule has 4 N–H and O–H groups in total. The van der Waals surface area contributed by atoms with Gasteiger partial charge >= 0.3 is 6.09 Å². The van der Waals surface area contributed by atoms with E-state index < -0.39 is 11.6 Å². The van der Waals surface area contributed by atoms with Gasteiger partial charge in [-0.1, -0.05) is 23.7 Å². The molecule has 2 fully saturated rings. The first-order chi connectivity index (χ1) is 12.3. The highest BCUT2D eigenvalue weighted by atomic mass is 35.5. The zero-order valence-corrected chi connectivity index (χ0v) is 15.1. The molecule has 26 heavy (non-hydrogen) atoms. The summed E-state index contributed by atoms with van der Waals surface area (Å²) in [4.78, 5) is 29.3. The average molecular weight is 381 g/mol. The summed E-state index contributed by atoms with van der Waals surface area (Å²) in [6.07, 6.45) is -0.0178. The highest BCUT2D eigenvalue weighted by molar-refractivity contribution is 6.34. The van der Waals surface area contributed by atoms with Crippen LogP contribution in [-0.2, 0) is 15.1 Å². The van der Waals surface area contributed by atoms with Gasteiger partial charge in [-0.05, 0) is 31.4 Å². The van der Waals surface area contributed by atoms with Gasteiger partial charge < -0.3 is 20.9 Å². The molecule has 0 aliphatic carbocycles. The van der Waals surface area contributed by atoms with Crippen molar-refractivity contribution < 1.29 is 19.4 Å². The maximum absolute atomic E-state index is 13.0. The molecule has 2 aliphatic rings. The maximum atomic E-state index is 13.0. The molecule has 0 bridgehead atoms. The summed E-state index contributed by atoms with van der Waals surface area (Å²) in [6, 6.07) is 5.03. The number of guanidine groups is 1. The number of ether oxygens (including phenoxy) is 1. The minimum atomic E-state index is -1.37. The summed E-state index contributed by atoms with van der Waals surface area (Å²) >= 11 is 6.34. The summed E-state index contributed by atoms with van der Waals surface area (Å²) < 4.78 is 5.34. The molecular formula is C17H21ClN4O4. The van der Waals surface area contributed by atoms with E-state index >= 15 is 0 Å². The van der Waals surface area contributed by atoms with Crippen molar-refractivity contribution in [3.05, 3.63) is 28.8 Å². The quantitative estimate of drug-likeness (QED) is 0.677. The van der Waals surface area contributed by atoms with E-state index in [4.69, 9.17) is 22.1 Å². The smallest absolute Gasteiger partial charge is 0.434 e. The number of rotatable bonds is 2. The third-order valence-corrected chi connectivity index (χ3v) is 5.19. The maximum Gasteiger partial charge on any atom is 0.434 e. The first kappa shape index (κ1) is 18.5. The molecule has 3 rings (SSSR count). The molecule has 2 amide bonds. The van der Waals surface area contributed by atoms with Crippen molar-refractivity contribution in [3.8, 4) is 0 Å². The van der Waals surface area contributed by atoms with E-state index in [0.717, 1.165) is 0 Å². The lowest BCUT2D eigenvalue weighted by Crippen LogP contribution is -2.63. The van der Waals surface area contributed by atoms with Gasteiger partial charge in [0.1, 0.15) is 0 Å². The molecule has 0 radical (unpaired) electrons. The fourth-order valence-electron chi connectivity index (χ4n) is 3.49. The molecule has 2 heterocycles. The summed E-state index contributed by atoms with van der Waals surface area (Å²) in [5, 5.41) is 12.6. The molecular weight excluding hydrogens is 360 g/mol. The topological polar surface area (TPSA) is 117 Å². The number of nitrogens with two attached hydrogens (primary N) is 1. The number of benzene rings is 1. The van der Waals surface area contributed by atoms with Gasteiger partial charge in [-0.15, -0.1) is 4.99 Å². The first-order valence-corrected chi connectivity index (χ1v) is 8.74. The monoisotopic (exact) mass is 380 g/mol. The van der Waals surface area contributed by atoms with Crippen LogP contribution in [0.5, 0.6) is 0 Å². The lowest BCUT2D eigenvalue weighted by Gasteiger charge is -2.45. The number of aliphatic imine (C=N–C) groups is 1. The molecule has 1 atom stereocenters. The zero-order chi connectivity index (χ0) is 18.9. The van der Waals surface area contributed by atoms with Crippen LogP contribution in [0.4, 0.5) is 10.5 Å². The van der Waals surface area contributed by atoms with Gasteiger partial charge in [0, 0.05) is 19.3 Å². The second-order valence-electron chi connectivity index (χ2n) is 6.67. The van der Waals surface area contributed by atoms with E-state index in [2.05, 4.69) is 10.3 Å². The van der Waals surface area contributed by atoms with E-state index in [1.54, 1.807) is 25.1 Å². The van der Waals surface area contributed by atoms with Gasteiger partial charge in [-0.2, -0.15) is 0 Å². The van der Waals surface area contributed by atoms with Crippen LogP contribution in [0.2, 0.25) is 5.02 Å². The lowest BCUT2D eigenvalue weighted by atomic mass is 9.85. The van der Waals surface area contributed by atoms with Gasteiger partial charge in [0.25, 0.3) is 0 Å². The van der Waals surface area contributed by atoms with Gasteiger partial charge in [-0.25, -0.2) is 4.79 Å². The third kappa shape index (κ3) is 3.47. The van der Waals surface area contributed by atoms with Crippen molar-refractivity contribution >= 4 is 35.2 Å². The van der Waals surface area contributed by atoms with Crippen molar-refractivity contribution in [2.24, 2.45) is 4.99 Å². The van der Waals surface area contributed by atoms with Crippen molar-refractivity contribution in [3.63, 3.8) is 0 Å². The number of carboxylic acid groups (broad SMARTS) is 1. The summed E-state index contributed by atoms with van der Waals surface area (Å²) in [6.45, 7) is 2.82. The molecule has 0 saturated carbocycles. The largest absolute Gasteiger partial charge is 0.463 e. The van der Waals surface area contributed by atoms with E-state index in [0.29, 0.717) is 42.3 Å². The summed E-state index contributed by atoms with van der Waals surface area (Å²) in [7, 11) is 0. The van der Waals surface area contributed by atoms with E-state index in [1.165, 1.54) is 4.90 Å². The van der Waals surface area contributed by atoms with Gasteiger partial charge in [-0.3, -0.25) is 9.69 Å². The molecule has 1 aromatic carbocycles. The fourth-order valence-corrected chi connectivity index (χ4v) is 3.82. The van der Waals surface area contributed by atoms with Crippen LogP contribution in [0.3, 0.4) is 0 Å². The Bertz CT molecular complexity index is 763. The number of amides is 2. The predicted molar refractivity (Wildman–Crippen MR) is 97.1 cm³/mol. The average Bonchev–Trinajstić information content (AvgIpc) is 2.57. The molecule has 2 saturated heterocycles. The van der Waals surface area contributed by atoms with E-state index in [-0.39, 0.29) is 24.3 Å². The van der Waals surface area contributed by atoms with E-state index in [1.807, 2.05) is 0 Å². The third-order valence-electron chi connectivity index (χ3n) is 4.77.